The van der Waals surface area contributed by atoms with E-state index in [1.165, 1.54) is 18.4 Å². The molecule has 1 aromatic carbocycles. The molecule has 0 radical (unpaired) electrons. The lowest BCUT2D eigenvalue weighted by molar-refractivity contribution is 0.416. The summed E-state index contributed by atoms with van der Waals surface area (Å²) in [7, 11) is 1.72. The van der Waals surface area contributed by atoms with Crippen molar-refractivity contribution in [2.24, 2.45) is 5.92 Å². The molecule has 0 amide bonds. The average Bonchev–Trinajstić information content (AvgIpc) is 3.33. The van der Waals surface area contributed by atoms with Crippen molar-refractivity contribution in [3.63, 3.8) is 0 Å². The molecule has 24 heavy (non-hydrogen) atoms. The minimum atomic E-state index is 0.478. The van der Waals surface area contributed by atoms with Crippen molar-refractivity contribution in [1.29, 1.82) is 0 Å². The lowest BCUT2D eigenvalue weighted by Gasteiger charge is -2.13. The Bertz CT molecular complexity index is 878. The maximum absolute atomic E-state index is 5.58. The molecule has 124 valence electrons. The molecule has 0 unspecified atom stereocenters. The predicted octanol–water partition coefficient (Wildman–Crippen LogP) is 4.64. The number of pyridine rings is 1. The third-order valence-electron chi connectivity index (χ3n) is 4.83. The fourth-order valence-electron chi connectivity index (χ4n) is 3.13. The van der Waals surface area contributed by atoms with Crippen LogP contribution in [-0.2, 0) is 6.54 Å². The van der Waals surface area contributed by atoms with Crippen LogP contribution in [0, 0.1) is 5.92 Å². The summed E-state index contributed by atoms with van der Waals surface area (Å²) in [5, 5.41) is 0. The molecule has 1 fully saturated rings. The van der Waals surface area contributed by atoms with Crippen molar-refractivity contribution in [3.05, 3.63) is 42.4 Å². The summed E-state index contributed by atoms with van der Waals surface area (Å²) in [6.07, 6.45) is 6.48. The molecule has 0 spiro atoms. The maximum Gasteiger partial charge on any atom is 0.177 e. The van der Waals surface area contributed by atoms with Crippen molar-refractivity contribution in [1.82, 2.24) is 14.5 Å². The van der Waals surface area contributed by atoms with Gasteiger partial charge < -0.3 is 9.30 Å². The van der Waals surface area contributed by atoms with Crippen LogP contribution in [0.3, 0.4) is 0 Å². The number of hydrogen-bond donors (Lipinski definition) is 0. The number of benzene rings is 1. The molecular formula is C20H23N3O. The van der Waals surface area contributed by atoms with Gasteiger partial charge in [-0.3, -0.25) is 0 Å². The van der Waals surface area contributed by atoms with E-state index >= 15 is 0 Å². The number of imidazole rings is 1. The van der Waals surface area contributed by atoms with Gasteiger partial charge in [0.1, 0.15) is 5.75 Å². The molecule has 0 saturated heterocycles. The number of nitrogens with zero attached hydrogens (tertiary/aromatic N) is 3. The SMILES string of the molecule is COc1ccc(C(C)C)cc1-c1cnc2ncn(CC3CC3)c2c1. The lowest BCUT2D eigenvalue weighted by Crippen LogP contribution is -1.98. The molecule has 2 heterocycles. The number of rotatable bonds is 5. The highest BCUT2D eigenvalue weighted by Gasteiger charge is 2.22. The smallest absolute Gasteiger partial charge is 0.177 e. The Morgan fingerprint density at radius 3 is 2.75 bits per heavy atom. The summed E-state index contributed by atoms with van der Waals surface area (Å²) in [6, 6.07) is 8.60. The molecule has 0 N–H and O–H groups in total. The van der Waals surface area contributed by atoms with Gasteiger partial charge >= 0.3 is 0 Å². The van der Waals surface area contributed by atoms with Gasteiger partial charge in [0.05, 0.1) is 19.0 Å². The first-order valence-corrected chi connectivity index (χ1v) is 8.65. The summed E-state index contributed by atoms with van der Waals surface area (Å²) >= 11 is 0. The second kappa shape index (κ2) is 5.93. The summed E-state index contributed by atoms with van der Waals surface area (Å²) < 4.78 is 7.82. The monoisotopic (exact) mass is 321 g/mol. The van der Waals surface area contributed by atoms with E-state index in [4.69, 9.17) is 4.74 Å². The van der Waals surface area contributed by atoms with E-state index in [-0.39, 0.29) is 0 Å². The molecule has 4 rings (SSSR count). The standard InChI is InChI=1S/C20H23N3O/c1-13(2)15-6-7-19(24-3)17(8-15)16-9-18-20(21-10-16)22-12-23(18)11-14-4-5-14/h6-10,12-14H,4-5,11H2,1-3H3. The molecule has 0 atom stereocenters. The molecule has 1 aliphatic carbocycles. The second-order valence-corrected chi connectivity index (χ2v) is 7.02. The topological polar surface area (TPSA) is 39.9 Å². The van der Waals surface area contributed by atoms with E-state index in [1.54, 1.807) is 7.11 Å². The van der Waals surface area contributed by atoms with E-state index in [2.05, 4.69) is 52.6 Å². The van der Waals surface area contributed by atoms with Crippen LogP contribution in [0.2, 0.25) is 0 Å². The number of aromatic nitrogens is 3. The fraction of sp³-hybridized carbons (Fsp3) is 0.400. The largest absolute Gasteiger partial charge is 0.496 e. The molecule has 4 heteroatoms. The van der Waals surface area contributed by atoms with Gasteiger partial charge in [0.15, 0.2) is 5.65 Å². The summed E-state index contributed by atoms with van der Waals surface area (Å²) in [5.74, 6) is 2.17. The third-order valence-corrected chi connectivity index (χ3v) is 4.83. The Balaban J connectivity index is 1.81. The van der Waals surface area contributed by atoms with Crippen LogP contribution in [0.1, 0.15) is 38.2 Å². The second-order valence-electron chi connectivity index (χ2n) is 7.02. The van der Waals surface area contributed by atoms with Crippen molar-refractivity contribution >= 4 is 11.2 Å². The van der Waals surface area contributed by atoms with Crippen LogP contribution in [0.4, 0.5) is 0 Å². The molecule has 4 nitrogen and oxygen atoms in total. The van der Waals surface area contributed by atoms with Gasteiger partial charge in [-0.25, -0.2) is 9.97 Å². The number of hydrogen-bond acceptors (Lipinski definition) is 3. The summed E-state index contributed by atoms with van der Waals surface area (Å²) in [5.41, 5.74) is 5.41. The Labute approximate surface area is 142 Å². The van der Waals surface area contributed by atoms with E-state index in [0.29, 0.717) is 5.92 Å². The Morgan fingerprint density at radius 2 is 2.04 bits per heavy atom. The summed E-state index contributed by atoms with van der Waals surface area (Å²) in [4.78, 5) is 9.01. The van der Waals surface area contributed by atoms with Gasteiger partial charge in [0.25, 0.3) is 0 Å². The maximum atomic E-state index is 5.58. The first kappa shape index (κ1) is 15.2. The Kier molecular flexibility index (Phi) is 3.75. The van der Waals surface area contributed by atoms with Gasteiger partial charge in [-0.05, 0) is 48.4 Å². The highest BCUT2D eigenvalue weighted by molar-refractivity contribution is 5.80. The minimum Gasteiger partial charge on any atom is -0.496 e. The fourth-order valence-corrected chi connectivity index (χ4v) is 3.13. The van der Waals surface area contributed by atoms with Crippen LogP contribution >= 0.6 is 0 Å². The average molecular weight is 321 g/mol. The van der Waals surface area contributed by atoms with Gasteiger partial charge in [-0.15, -0.1) is 0 Å². The number of ether oxygens (including phenoxy) is 1. The first-order chi connectivity index (χ1) is 11.7. The quantitative estimate of drug-likeness (QED) is 0.687. The van der Waals surface area contributed by atoms with Crippen LogP contribution < -0.4 is 4.74 Å². The zero-order valence-corrected chi connectivity index (χ0v) is 14.5. The predicted molar refractivity (Wildman–Crippen MR) is 96.3 cm³/mol. The molecule has 1 aliphatic rings. The van der Waals surface area contributed by atoms with Gasteiger partial charge in [-0.1, -0.05) is 19.9 Å². The number of fused-ring (bicyclic) bond motifs is 1. The zero-order chi connectivity index (χ0) is 16.7. The lowest BCUT2D eigenvalue weighted by atomic mass is 9.97. The molecule has 3 aromatic rings. The summed E-state index contributed by atoms with van der Waals surface area (Å²) in [6.45, 7) is 5.46. The highest BCUT2D eigenvalue weighted by atomic mass is 16.5. The van der Waals surface area contributed by atoms with Crippen LogP contribution in [0.5, 0.6) is 5.75 Å². The first-order valence-electron chi connectivity index (χ1n) is 8.65. The zero-order valence-electron chi connectivity index (χ0n) is 14.5. The van der Waals surface area contributed by atoms with Crippen LogP contribution in [0.15, 0.2) is 36.8 Å². The van der Waals surface area contributed by atoms with Crippen molar-refractivity contribution in [2.75, 3.05) is 7.11 Å². The van der Waals surface area contributed by atoms with Crippen molar-refractivity contribution < 1.29 is 4.74 Å². The molecule has 1 saturated carbocycles. The molecular weight excluding hydrogens is 298 g/mol. The van der Waals surface area contributed by atoms with Gasteiger partial charge in [0, 0.05) is 23.9 Å². The molecule has 0 bridgehead atoms. The third kappa shape index (κ3) is 2.77. The molecule has 0 aliphatic heterocycles. The Hall–Kier alpha value is -2.36. The Morgan fingerprint density at radius 1 is 1.21 bits per heavy atom. The van der Waals surface area contributed by atoms with Gasteiger partial charge in [0.2, 0.25) is 0 Å². The van der Waals surface area contributed by atoms with E-state index < -0.39 is 0 Å². The van der Waals surface area contributed by atoms with E-state index in [1.807, 2.05) is 12.5 Å². The van der Waals surface area contributed by atoms with Crippen molar-refractivity contribution in [2.45, 2.75) is 39.2 Å². The highest BCUT2D eigenvalue weighted by Crippen LogP contribution is 2.35. The van der Waals surface area contributed by atoms with Crippen LogP contribution in [-0.4, -0.2) is 21.6 Å². The normalized spacial score (nSPS) is 14.5. The van der Waals surface area contributed by atoms with E-state index in [0.717, 1.165) is 40.5 Å². The van der Waals surface area contributed by atoms with Crippen molar-refractivity contribution in [3.8, 4) is 16.9 Å². The number of methoxy groups -OCH3 is 1. The van der Waals surface area contributed by atoms with Gasteiger partial charge in [-0.2, -0.15) is 0 Å². The minimum absolute atomic E-state index is 0.478. The molecule has 2 aromatic heterocycles. The van der Waals surface area contributed by atoms with Crippen LogP contribution in [0.25, 0.3) is 22.3 Å². The van der Waals surface area contributed by atoms with E-state index in [9.17, 15) is 0 Å².